The molecule has 20 aliphatic rings. The smallest absolute Gasteiger partial charge is 0.410 e. The molecule has 1 aromatic carbocycles. The SMILES string of the molecule is CC(F)(F)c1ccnc(C2CCN(C(=O)OC3C4CC5CC3CC(C(N)=O)(C5)C4)C2)n1.Cc1cnc(C2CCCN2C(=O)OC2C3CC4CC2CC(C(N)=O)(C4)C3)nc1.O=C(OC1C2CC3CC(C2)CC1C3)N1CCC(c2nc(-c3ccccc3)cs2)C1.O=C(OC1C2CC3CC(C2)CC1C3)N1CCC[C@@H]1c1nc(-c2ccncc2)cs1. The summed E-state index contributed by atoms with van der Waals surface area (Å²) in [7, 11) is 0. The Morgan fingerprint density at radius 3 is 1.38 bits per heavy atom. The van der Waals surface area contributed by atoms with E-state index in [0.29, 0.717) is 92.0 Å². The maximum absolute atomic E-state index is 13.6. The number of hydrogen-bond donors (Lipinski definition) is 2. The quantitative estimate of drug-likeness (QED) is 0.102. The molecule has 622 valence electrons. The van der Waals surface area contributed by atoms with Crippen molar-refractivity contribution in [3.63, 3.8) is 0 Å². The molecule has 0 radical (unpaired) electrons. The number of pyridine rings is 1. The van der Waals surface area contributed by atoms with Gasteiger partial charge in [-0.05, 0) is 280 Å². The topological polar surface area (TPSA) is 295 Å². The second-order valence-electron chi connectivity index (χ2n) is 38.6. The Morgan fingerprint density at radius 2 is 0.880 bits per heavy atom. The van der Waals surface area contributed by atoms with Crippen LogP contribution < -0.4 is 11.5 Å². The molecule has 16 aliphatic carbocycles. The lowest BCUT2D eigenvalue weighted by molar-refractivity contribution is -0.162. The number of thiazole rings is 2. The van der Waals surface area contributed by atoms with E-state index in [1.807, 2.05) is 47.1 Å². The number of aromatic nitrogens is 7. The van der Waals surface area contributed by atoms with E-state index in [-0.39, 0.29) is 113 Å². The largest absolute Gasteiger partial charge is 0.446 e. The minimum absolute atomic E-state index is 0.0555. The third-order valence-electron chi connectivity index (χ3n) is 30.8. The fourth-order valence-corrected chi connectivity index (χ4v) is 28.2. The minimum atomic E-state index is -3.03. The lowest BCUT2D eigenvalue weighted by Crippen LogP contribution is -2.59. The molecule has 26 rings (SSSR count). The average Bonchev–Trinajstić information content (AvgIpc) is 1.70. The van der Waals surface area contributed by atoms with Crippen LogP contribution in [0.2, 0.25) is 0 Å². The van der Waals surface area contributed by atoms with Gasteiger partial charge in [-0.3, -0.25) is 24.4 Å². The van der Waals surface area contributed by atoms with E-state index in [4.69, 9.17) is 40.4 Å². The summed E-state index contributed by atoms with van der Waals surface area (Å²) in [6, 6.07) is 15.4. The highest BCUT2D eigenvalue weighted by atomic mass is 32.1. The van der Waals surface area contributed by atoms with E-state index in [0.717, 1.165) is 172 Å². The standard InChI is InChI=1S/C24H28N2O2S.C23H27N3O2S.C22H28F2N4O3.C21H28N4O3/c27-24(28-22-19-9-15-8-16(11-19)12-20(22)10-15)26-7-6-18(13-26)23-25-21(14-29-23)17-4-2-1-3-5-17;27-23(28-21-17-9-14-8-15(11-17)12-18(21)10-14)26-7-1-2-20(26)22-25-19(13-29-22)16-3-5-24-6-4-16;1-21(23,24)16-2-4-26-18(27-16)13-3-5-28(11-13)20(30)31-17-14-6-12-7-15(17)10-22(8-12,9-14)19(25)29;1-12-10-23-18(24-11-12)16-3-2-4-25(16)20(27)28-17-14-5-13-6-15(17)9-21(7-13,8-14)19(22)26/h1-5,14-16,18-20,22H,6-13H2;3-6,13-15,17-18,20-21H,1-2,7-12H2;2,4,12-15,17H,3,5-11H2,1H3,(H2,25,29);10-11,13-17H,2-9H2,1H3,(H2,22,26)/t;14?,15?,17?,18?,20-,21?;;/m.1../s1. The molecule has 9 heterocycles. The van der Waals surface area contributed by atoms with Crippen molar-refractivity contribution < 1.29 is 56.5 Å². The number of aryl methyl sites for hydroxylation is 1. The summed E-state index contributed by atoms with van der Waals surface area (Å²) in [5.41, 5.74) is 15.7. The van der Waals surface area contributed by atoms with Gasteiger partial charge < -0.3 is 40.2 Å². The molecule has 8 atom stereocenters. The number of nitrogens with zero attached hydrogens (tertiary/aromatic N) is 11. The zero-order valence-electron chi connectivity index (χ0n) is 67.2. The third kappa shape index (κ3) is 15.8. The highest BCUT2D eigenvalue weighted by molar-refractivity contribution is 7.10. The van der Waals surface area contributed by atoms with Gasteiger partial charge in [-0.25, -0.2) is 49.1 Å². The fourth-order valence-electron chi connectivity index (χ4n) is 26.3. The predicted molar refractivity (Wildman–Crippen MR) is 432 cm³/mol. The number of ether oxygens (including phenoxy) is 4. The first-order chi connectivity index (χ1) is 56.6. The fraction of sp³-hybridized carbons (Fsp3) is 0.656. The van der Waals surface area contributed by atoms with Gasteiger partial charge in [0.2, 0.25) is 11.8 Å². The van der Waals surface area contributed by atoms with E-state index >= 15 is 0 Å². The lowest BCUT2D eigenvalue weighted by Gasteiger charge is -2.58. The van der Waals surface area contributed by atoms with Crippen molar-refractivity contribution in [2.45, 2.75) is 235 Å². The van der Waals surface area contributed by atoms with Crippen LogP contribution in [0.25, 0.3) is 22.5 Å². The number of primary amides is 2. The lowest BCUT2D eigenvalue weighted by atomic mass is 9.48. The molecule has 27 heteroatoms. The summed E-state index contributed by atoms with van der Waals surface area (Å²) in [5.74, 6) is 5.81. The summed E-state index contributed by atoms with van der Waals surface area (Å²) in [4.78, 5) is 114. The molecule has 4 saturated heterocycles. The van der Waals surface area contributed by atoms with Gasteiger partial charge in [-0.2, -0.15) is 8.78 Å². The highest BCUT2D eigenvalue weighted by Gasteiger charge is 2.62. The molecule has 4 N–H and O–H groups in total. The monoisotopic (exact) mass is 1640 g/mol. The van der Waals surface area contributed by atoms with Crippen molar-refractivity contribution >= 4 is 58.9 Å². The number of nitrogens with two attached hydrogens (primary N) is 2. The molecule has 20 fully saturated rings. The van der Waals surface area contributed by atoms with Gasteiger partial charge in [-0.1, -0.05) is 30.3 Å². The first-order valence-corrected chi connectivity index (χ1v) is 45.6. The molecule has 6 amide bonds. The van der Waals surface area contributed by atoms with Crippen LogP contribution in [0.15, 0.2) is 90.3 Å². The first-order valence-electron chi connectivity index (χ1n) is 43.9. The van der Waals surface area contributed by atoms with Gasteiger partial charge in [0, 0.05) is 111 Å². The molecule has 6 aromatic rings. The summed E-state index contributed by atoms with van der Waals surface area (Å²) < 4.78 is 51.6. The predicted octanol–water partition coefficient (Wildman–Crippen LogP) is 16.8. The first kappa shape index (κ1) is 78.5. The number of hydrogen-bond acceptors (Lipinski definition) is 19. The van der Waals surface area contributed by atoms with Crippen LogP contribution >= 0.6 is 22.7 Å². The number of alkyl halides is 2. The Balaban J connectivity index is 0.000000104. The van der Waals surface area contributed by atoms with Crippen molar-refractivity contribution in [3.8, 4) is 22.5 Å². The molecule has 16 saturated carbocycles. The second kappa shape index (κ2) is 32.0. The minimum Gasteiger partial charge on any atom is -0.446 e. The van der Waals surface area contributed by atoms with Gasteiger partial charge in [0.25, 0.3) is 5.92 Å². The van der Waals surface area contributed by atoms with Crippen molar-refractivity contribution in [1.29, 1.82) is 0 Å². The van der Waals surface area contributed by atoms with Gasteiger partial charge in [0.1, 0.15) is 40.9 Å². The maximum Gasteiger partial charge on any atom is 0.410 e. The molecule has 16 bridgehead atoms. The van der Waals surface area contributed by atoms with Gasteiger partial charge in [-0.15, -0.1) is 22.7 Å². The summed E-state index contributed by atoms with van der Waals surface area (Å²) >= 11 is 3.37. The zero-order chi connectivity index (χ0) is 80.2. The Hall–Kier alpha value is -8.33. The second-order valence-corrected chi connectivity index (χ2v) is 40.4. The Labute approximate surface area is 691 Å². The van der Waals surface area contributed by atoms with Crippen molar-refractivity contribution in [2.24, 2.45) is 105 Å². The van der Waals surface area contributed by atoms with Crippen LogP contribution in [-0.4, -0.2) is 154 Å². The molecular weight excluding hydrogens is 1530 g/mol. The van der Waals surface area contributed by atoms with Gasteiger partial charge in [0.15, 0.2) is 5.82 Å². The number of likely N-dealkylation sites (tertiary alicyclic amines) is 4. The normalized spacial score (nSPS) is 36.4. The van der Waals surface area contributed by atoms with Crippen LogP contribution in [0, 0.1) is 101 Å². The number of carbonyl (C=O) groups is 6. The summed E-state index contributed by atoms with van der Waals surface area (Å²) in [6.07, 6.45) is 35.1. The highest BCUT2D eigenvalue weighted by Crippen LogP contribution is 2.63. The third-order valence-corrected chi connectivity index (χ3v) is 32.8. The van der Waals surface area contributed by atoms with Crippen molar-refractivity contribution in [3.05, 3.63) is 123 Å². The Morgan fingerprint density at radius 1 is 0.453 bits per heavy atom. The van der Waals surface area contributed by atoms with Gasteiger partial charge in [0.05, 0.1) is 39.3 Å². The Bertz CT molecular complexity index is 4560. The van der Waals surface area contributed by atoms with E-state index in [1.54, 1.807) is 57.3 Å². The zero-order valence-corrected chi connectivity index (χ0v) is 68.9. The number of benzene rings is 1. The molecule has 23 nitrogen and oxygen atoms in total. The van der Waals surface area contributed by atoms with Crippen LogP contribution in [-0.2, 0) is 34.5 Å². The molecule has 5 aromatic heterocycles. The van der Waals surface area contributed by atoms with Crippen LogP contribution in [0.5, 0.6) is 0 Å². The Kier molecular flexibility index (Phi) is 21.5. The molecule has 0 spiro atoms. The number of halogens is 2. The molecule has 117 heavy (non-hydrogen) atoms. The van der Waals surface area contributed by atoms with Crippen molar-refractivity contribution in [1.82, 2.24) is 54.5 Å². The molecular formula is C90H111F2N13O10S2. The average molecular weight is 1640 g/mol. The van der Waals surface area contributed by atoms with E-state index < -0.39 is 11.3 Å². The van der Waals surface area contributed by atoms with E-state index in [9.17, 15) is 37.5 Å². The van der Waals surface area contributed by atoms with Crippen LogP contribution in [0.4, 0.5) is 28.0 Å². The van der Waals surface area contributed by atoms with E-state index in [1.165, 1.54) is 76.5 Å². The summed E-state index contributed by atoms with van der Waals surface area (Å²) in [5, 5.41) is 6.40. The number of amides is 6. The van der Waals surface area contributed by atoms with E-state index in [2.05, 4.69) is 47.8 Å². The van der Waals surface area contributed by atoms with Crippen LogP contribution in [0.3, 0.4) is 0 Å². The van der Waals surface area contributed by atoms with Crippen molar-refractivity contribution in [2.75, 3.05) is 39.3 Å². The van der Waals surface area contributed by atoms with Crippen LogP contribution in [0.1, 0.15) is 231 Å². The van der Waals surface area contributed by atoms with Gasteiger partial charge >= 0.3 is 24.4 Å². The maximum atomic E-state index is 13.6. The molecule has 7 unspecified atom stereocenters. The summed E-state index contributed by atoms with van der Waals surface area (Å²) in [6.45, 7) is 6.59. The number of rotatable bonds is 13. The number of carbonyl (C=O) groups excluding carboxylic acids is 6. The molecule has 4 aliphatic heterocycles.